The van der Waals surface area contributed by atoms with Crippen molar-refractivity contribution in [3.8, 4) is 10.6 Å². The maximum absolute atomic E-state index is 12.4. The molecule has 29 heavy (non-hydrogen) atoms. The summed E-state index contributed by atoms with van der Waals surface area (Å²) in [7, 11) is 0. The summed E-state index contributed by atoms with van der Waals surface area (Å²) in [5, 5.41) is 6.65. The summed E-state index contributed by atoms with van der Waals surface area (Å²) in [5.74, 6) is -0.137. The fourth-order valence-electron chi connectivity index (χ4n) is 3.08. The summed E-state index contributed by atoms with van der Waals surface area (Å²) >= 11 is 1.67. The molecular formula is C22H27N4O2S+. The number of quaternary nitrogens is 1. The molecule has 0 aliphatic rings. The third-order valence-electron chi connectivity index (χ3n) is 4.65. The standard InChI is InChI=1S/C22H26N4O2S/c1-4-23-20(27)13-26(5-2)14-21(28)24-17-9-7-16(8-10-17)22-25-18-11-6-15(3)12-19(18)29-22/h6-12H,4-5,13-14H2,1-3H3,(H,23,27)(H,24,28)/p+1. The van der Waals surface area contributed by atoms with E-state index in [1.54, 1.807) is 11.3 Å². The Hall–Kier alpha value is -2.77. The number of rotatable bonds is 8. The average Bonchev–Trinajstić information content (AvgIpc) is 3.11. The predicted octanol–water partition coefficient (Wildman–Crippen LogP) is 2.25. The minimum Gasteiger partial charge on any atom is -0.351 e. The normalized spacial score (nSPS) is 12.0. The first-order valence-corrected chi connectivity index (χ1v) is 10.7. The van der Waals surface area contributed by atoms with Crippen LogP contribution in [0.5, 0.6) is 0 Å². The highest BCUT2D eigenvalue weighted by Gasteiger charge is 2.16. The number of fused-ring (bicyclic) bond motifs is 1. The number of benzene rings is 2. The van der Waals surface area contributed by atoms with E-state index in [0.29, 0.717) is 19.6 Å². The molecule has 0 bridgehead atoms. The van der Waals surface area contributed by atoms with Crippen molar-refractivity contribution in [1.82, 2.24) is 10.3 Å². The maximum Gasteiger partial charge on any atom is 0.279 e. The van der Waals surface area contributed by atoms with E-state index in [1.807, 2.05) is 44.2 Å². The van der Waals surface area contributed by atoms with E-state index in [0.717, 1.165) is 26.7 Å². The Morgan fingerprint density at radius 3 is 2.45 bits per heavy atom. The Kier molecular flexibility index (Phi) is 6.95. The molecule has 0 saturated heterocycles. The minimum atomic E-state index is -0.102. The van der Waals surface area contributed by atoms with Crippen molar-refractivity contribution in [2.24, 2.45) is 0 Å². The lowest BCUT2D eigenvalue weighted by Crippen LogP contribution is -3.14. The van der Waals surface area contributed by atoms with Crippen molar-refractivity contribution in [1.29, 1.82) is 0 Å². The van der Waals surface area contributed by atoms with Crippen molar-refractivity contribution in [2.45, 2.75) is 20.8 Å². The number of nitrogens with one attached hydrogen (secondary N) is 3. The molecule has 0 fully saturated rings. The van der Waals surface area contributed by atoms with Gasteiger partial charge < -0.3 is 15.5 Å². The Balaban J connectivity index is 1.62. The molecule has 2 aromatic carbocycles. The topological polar surface area (TPSA) is 75.5 Å². The van der Waals surface area contributed by atoms with Crippen LogP contribution in [0.25, 0.3) is 20.8 Å². The van der Waals surface area contributed by atoms with Crippen molar-refractivity contribution < 1.29 is 14.5 Å². The van der Waals surface area contributed by atoms with Crippen molar-refractivity contribution in [2.75, 3.05) is 31.5 Å². The number of carbonyl (C=O) groups excluding carboxylic acids is 2. The van der Waals surface area contributed by atoms with Gasteiger partial charge in [0.25, 0.3) is 11.8 Å². The van der Waals surface area contributed by atoms with Gasteiger partial charge >= 0.3 is 0 Å². The molecule has 3 N–H and O–H groups in total. The Labute approximate surface area is 174 Å². The van der Waals surface area contributed by atoms with Gasteiger partial charge in [-0.1, -0.05) is 6.07 Å². The summed E-state index contributed by atoms with van der Waals surface area (Å²) in [6, 6.07) is 14.0. The molecule has 3 aromatic rings. The first-order chi connectivity index (χ1) is 14.0. The molecule has 152 valence electrons. The van der Waals surface area contributed by atoms with E-state index in [9.17, 15) is 9.59 Å². The number of nitrogens with zero attached hydrogens (tertiary/aromatic N) is 1. The van der Waals surface area contributed by atoms with E-state index in [2.05, 4.69) is 29.7 Å². The number of anilines is 1. The third kappa shape index (κ3) is 5.62. The zero-order valence-corrected chi connectivity index (χ0v) is 17.9. The molecule has 0 radical (unpaired) electrons. The highest BCUT2D eigenvalue weighted by atomic mass is 32.1. The SMILES string of the molecule is CCNC(=O)C[NH+](CC)CC(=O)Nc1ccc(-c2nc3ccc(C)cc3s2)cc1. The number of thiazole rings is 1. The summed E-state index contributed by atoms with van der Waals surface area (Å²) in [5.41, 5.74) is 3.99. The zero-order chi connectivity index (χ0) is 20.8. The molecule has 0 saturated carbocycles. The van der Waals surface area contributed by atoms with E-state index in [-0.39, 0.29) is 18.4 Å². The highest BCUT2D eigenvalue weighted by Crippen LogP contribution is 2.31. The van der Waals surface area contributed by atoms with Crippen LogP contribution in [-0.4, -0.2) is 43.0 Å². The van der Waals surface area contributed by atoms with E-state index < -0.39 is 0 Å². The Morgan fingerprint density at radius 2 is 1.76 bits per heavy atom. The van der Waals surface area contributed by atoms with Crippen LogP contribution in [0.15, 0.2) is 42.5 Å². The third-order valence-corrected chi connectivity index (χ3v) is 5.72. The second-order valence-corrected chi connectivity index (χ2v) is 8.06. The monoisotopic (exact) mass is 411 g/mol. The van der Waals surface area contributed by atoms with Gasteiger partial charge in [-0.05, 0) is 62.7 Å². The van der Waals surface area contributed by atoms with Crippen molar-refractivity contribution >= 4 is 39.1 Å². The number of likely N-dealkylation sites (N-methyl/N-ethyl adjacent to an activating group) is 2. The smallest absolute Gasteiger partial charge is 0.279 e. The van der Waals surface area contributed by atoms with E-state index in [1.165, 1.54) is 10.3 Å². The second-order valence-electron chi connectivity index (χ2n) is 7.03. The fourth-order valence-corrected chi connectivity index (χ4v) is 4.15. The van der Waals surface area contributed by atoms with Crippen LogP contribution < -0.4 is 15.5 Å². The average molecular weight is 412 g/mol. The lowest BCUT2D eigenvalue weighted by molar-refractivity contribution is -0.881. The molecule has 3 rings (SSSR count). The van der Waals surface area contributed by atoms with Crippen molar-refractivity contribution in [3.63, 3.8) is 0 Å². The first kappa shape index (κ1) is 21.0. The van der Waals surface area contributed by atoms with E-state index >= 15 is 0 Å². The molecule has 7 heteroatoms. The van der Waals surface area contributed by atoms with Gasteiger partial charge in [0.05, 0.1) is 16.8 Å². The van der Waals surface area contributed by atoms with Gasteiger partial charge in [0.1, 0.15) is 5.01 Å². The van der Waals surface area contributed by atoms with Gasteiger partial charge in [0, 0.05) is 17.8 Å². The van der Waals surface area contributed by atoms with Crippen LogP contribution in [0.2, 0.25) is 0 Å². The molecule has 2 amide bonds. The number of hydrogen-bond acceptors (Lipinski definition) is 4. The maximum atomic E-state index is 12.4. The van der Waals surface area contributed by atoms with Crippen LogP contribution in [-0.2, 0) is 9.59 Å². The largest absolute Gasteiger partial charge is 0.351 e. The molecule has 0 aliphatic carbocycles. The summed E-state index contributed by atoms with van der Waals surface area (Å²) in [6.45, 7) is 7.79. The van der Waals surface area contributed by atoms with Crippen LogP contribution in [0.4, 0.5) is 5.69 Å². The summed E-state index contributed by atoms with van der Waals surface area (Å²) in [4.78, 5) is 29.7. The van der Waals surface area contributed by atoms with Gasteiger partial charge in [0.2, 0.25) is 0 Å². The molecule has 1 unspecified atom stereocenters. The number of amides is 2. The second kappa shape index (κ2) is 9.62. The molecule has 1 aromatic heterocycles. The zero-order valence-electron chi connectivity index (χ0n) is 17.0. The lowest BCUT2D eigenvalue weighted by Gasteiger charge is -2.16. The number of aryl methyl sites for hydroxylation is 1. The quantitative estimate of drug-likeness (QED) is 0.532. The van der Waals surface area contributed by atoms with Crippen LogP contribution in [0, 0.1) is 6.92 Å². The first-order valence-electron chi connectivity index (χ1n) is 9.86. The van der Waals surface area contributed by atoms with Crippen LogP contribution in [0.3, 0.4) is 0 Å². The van der Waals surface area contributed by atoms with Crippen LogP contribution in [0.1, 0.15) is 19.4 Å². The highest BCUT2D eigenvalue weighted by molar-refractivity contribution is 7.21. The predicted molar refractivity (Wildman–Crippen MR) is 118 cm³/mol. The van der Waals surface area contributed by atoms with Gasteiger partial charge in [-0.2, -0.15) is 0 Å². The Bertz CT molecular complexity index is 998. The molecule has 1 heterocycles. The van der Waals surface area contributed by atoms with Crippen LogP contribution >= 0.6 is 11.3 Å². The molecular weight excluding hydrogens is 384 g/mol. The molecule has 0 spiro atoms. The lowest BCUT2D eigenvalue weighted by atomic mass is 10.2. The summed E-state index contributed by atoms with van der Waals surface area (Å²) < 4.78 is 1.17. The van der Waals surface area contributed by atoms with Gasteiger partial charge in [-0.15, -0.1) is 11.3 Å². The molecule has 6 nitrogen and oxygen atoms in total. The number of carbonyl (C=O) groups is 2. The molecule has 0 aliphatic heterocycles. The number of aromatic nitrogens is 1. The van der Waals surface area contributed by atoms with Gasteiger partial charge in [-0.25, -0.2) is 4.98 Å². The van der Waals surface area contributed by atoms with Crippen molar-refractivity contribution in [3.05, 3.63) is 48.0 Å². The fraction of sp³-hybridized carbons (Fsp3) is 0.318. The summed E-state index contributed by atoms with van der Waals surface area (Å²) in [6.07, 6.45) is 0. The number of hydrogen-bond donors (Lipinski definition) is 3. The molecule has 1 atom stereocenters. The van der Waals surface area contributed by atoms with Gasteiger partial charge in [0.15, 0.2) is 13.1 Å². The van der Waals surface area contributed by atoms with E-state index in [4.69, 9.17) is 4.98 Å². The Morgan fingerprint density at radius 1 is 1.03 bits per heavy atom. The minimum absolute atomic E-state index is 0.0347. The van der Waals surface area contributed by atoms with Gasteiger partial charge in [-0.3, -0.25) is 9.59 Å².